The second-order valence-electron chi connectivity index (χ2n) is 4.97. The summed E-state index contributed by atoms with van der Waals surface area (Å²) in [4.78, 5) is 15.7. The summed E-state index contributed by atoms with van der Waals surface area (Å²) in [5, 5.41) is 9.72. The fourth-order valence-corrected chi connectivity index (χ4v) is 1.81. The zero-order valence-electron chi connectivity index (χ0n) is 11.9. The van der Waals surface area contributed by atoms with Crippen LogP contribution in [0.5, 0.6) is 0 Å². The van der Waals surface area contributed by atoms with Crippen LogP contribution in [0.3, 0.4) is 0 Å². The van der Waals surface area contributed by atoms with Gasteiger partial charge in [0.05, 0.1) is 6.20 Å². The van der Waals surface area contributed by atoms with Crippen molar-refractivity contribution >= 4 is 6.03 Å². The molecule has 2 heterocycles. The minimum absolute atomic E-state index is 0.120. The lowest BCUT2D eigenvalue weighted by molar-refractivity contribution is 0.238. The molecule has 0 saturated heterocycles. The molecule has 2 N–H and O–H groups in total. The van der Waals surface area contributed by atoms with E-state index in [1.807, 2.05) is 33.2 Å². The van der Waals surface area contributed by atoms with Crippen LogP contribution in [0.2, 0.25) is 0 Å². The van der Waals surface area contributed by atoms with Gasteiger partial charge in [0.2, 0.25) is 0 Å². The number of nitrogens with one attached hydrogen (secondary N) is 2. The smallest absolute Gasteiger partial charge is 0.315 e. The van der Waals surface area contributed by atoms with Crippen molar-refractivity contribution in [3.05, 3.63) is 36.4 Å². The Morgan fingerprint density at radius 3 is 2.75 bits per heavy atom. The van der Waals surface area contributed by atoms with E-state index < -0.39 is 0 Å². The Labute approximate surface area is 118 Å². The molecule has 0 bridgehead atoms. The van der Waals surface area contributed by atoms with E-state index in [9.17, 15) is 4.79 Å². The number of rotatable bonds is 4. The Hall–Kier alpha value is -2.37. The van der Waals surface area contributed by atoms with Crippen molar-refractivity contribution in [2.24, 2.45) is 7.05 Å². The van der Waals surface area contributed by atoms with Gasteiger partial charge in [-0.2, -0.15) is 5.10 Å². The first-order valence-corrected chi connectivity index (χ1v) is 6.52. The van der Waals surface area contributed by atoms with Crippen LogP contribution in [0.4, 0.5) is 4.79 Å². The third-order valence-electron chi connectivity index (χ3n) is 2.71. The van der Waals surface area contributed by atoms with Crippen LogP contribution in [0, 0.1) is 0 Å². The van der Waals surface area contributed by atoms with Crippen LogP contribution in [-0.4, -0.2) is 26.8 Å². The molecule has 106 valence electrons. The average molecular weight is 273 g/mol. The van der Waals surface area contributed by atoms with Crippen molar-refractivity contribution in [1.29, 1.82) is 0 Å². The fourth-order valence-electron chi connectivity index (χ4n) is 1.81. The maximum atomic E-state index is 11.5. The van der Waals surface area contributed by atoms with Crippen LogP contribution >= 0.6 is 0 Å². The van der Waals surface area contributed by atoms with E-state index >= 15 is 0 Å². The Morgan fingerprint density at radius 2 is 2.10 bits per heavy atom. The second kappa shape index (κ2) is 6.18. The predicted molar refractivity (Wildman–Crippen MR) is 76.9 cm³/mol. The molecule has 2 rings (SSSR count). The Kier molecular flexibility index (Phi) is 4.34. The van der Waals surface area contributed by atoms with Crippen LogP contribution in [0.25, 0.3) is 11.1 Å². The molecule has 0 aromatic carbocycles. The molecule has 2 amide bonds. The van der Waals surface area contributed by atoms with E-state index in [-0.39, 0.29) is 12.1 Å². The number of hydrogen-bond acceptors (Lipinski definition) is 3. The highest BCUT2D eigenvalue weighted by Crippen LogP contribution is 2.18. The van der Waals surface area contributed by atoms with Gasteiger partial charge in [-0.3, -0.25) is 9.67 Å². The normalized spacial score (nSPS) is 10.6. The van der Waals surface area contributed by atoms with Crippen molar-refractivity contribution in [3.8, 4) is 11.1 Å². The molecule has 0 radical (unpaired) electrons. The zero-order valence-corrected chi connectivity index (χ0v) is 11.9. The highest BCUT2D eigenvalue weighted by Gasteiger charge is 2.05. The number of carbonyl (C=O) groups is 1. The molecule has 20 heavy (non-hydrogen) atoms. The summed E-state index contributed by atoms with van der Waals surface area (Å²) < 4.78 is 1.75. The molecule has 2 aromatic rings. The molecule has 6 heteroatoms. The first-order chi connectivity index (χ1) is 9.54. The minimum atomic E-state index is -0.174. The molecule has 2 aromatic heterocycles. The van der Waals surface area contributed by atoms with Gasteiger partial charge in [-0.05, 0) is 25.5 Å². The van der Waals surface area contributed by atoms with Gasteiger partial charge < -0.3 is 10.6 Å². The van der Waals surface area contributed by atoms with Gasteiger partial charge in [0.1, 0.15) is 0 Å². The maximum Gasteiger partial charge on any atom is 0.315 e. The van der Waals surface area contributed by atoms with Crippen LogP contribution in [0.15, 0.2) is 30.9 Å². The second-order valence-corrected chi connectivity index (χ2v) is 4.97. The molecule has 6 nitrogen and oxygen atoms in total. The molecule has 0 spiro atoms. The van der Waals surface area contributed by atoms with E-state index in [0.29, 0.717) is 6.54 Å². The van der Waals surface area contributed by atoms with Gasteiger partial charge in [0, 0.05) is 49.4 Å². The van der Waals surface area contributed by atoms with Gasteiger partial charge in [0.15, 0.2) is 0 Å². The number of amides is 2. The third kappa shape index (κ3) is 3.81. The minimum Gasteiger partial charge on any atom is -0.336 e. The maximum absolute atomic E-state index is 11.5. The molecule has 0 aliphatic heterocycles. The molecular formula is C14H19N5O. The molecule has 0 fully saturated rings. The van der Waals surface area contributed by atoms with E-state index in [4.69, 9.17) is 0 Å². The largest absolute Gasteiger partial charge is 0.336 e. The summed E-state index contributed by atoms with van der Waals surface area (Å²) in [6.07, 6.45) is 7.25. The number of pyridine rings is 1. The molecular weight excluding hydrogens is 254 g/mol. The monoisotopic (exact) mass is 273 g/mol. The Bertz CT molecular complexity index is 591. The third-order valence-corrected chi connectivity index (χ3v) is 2.71. The summed E-state index contributed by atoms with van der Waals surface area (Å²) in [6, 6.07) is 1.95. The van der Waals surface area contributed by atoms with Crippen LogP contribution in [-0.2, 0) is 13.6 Å². The highest BCUT2D eigenvalue weighted by atomic mass is 16.2. The number of carbonyl (C=O) groups excluding carboxylic acids is 1. The summed E-state index contributed by atoms with van der Waals surface area (Å²) in [6.45, 7) is 4.29. The summed E-state index contributed by atoms with van der Waals surface area (Å²) in [5.74, 6) is 0. The van der Waals surface area contributed by atoms with Crippen molar-refractivity contribution in [3.63, 3.8) is 0 Å². The Balaban J connectivity index is 2.01. The quantitative estimate of drug-likeness (QED) is 0.890. The van der Waals surface area contributed by atoms with Gasteiger partial charge in [-0.25, -0.2) is 4.79 Å². The van der Waals surface area contributed by atoms with Gasteiger partial charge in [-0.15, -0.1) is 0 Å². The number of urea groups is 1. The van der Waals surface area contributed by atoms with E-state index in [2.05, 4.69) is 20.7 Å². The van der Waals surface area contributed by atoms with Crippen molar-refractivity contribution in [2.75, 3.05) is 0 Å². The SMILES string of the molecule is CC(C)NC(=O)NCc1cncc(-c2cnn(C)c2)c1. The standard InChI is InChI=1S/C14H19N5O/c1-10(2)18-14(20)16-6-11-4-12(7-15-5-11)13-8-17-19(3)9-13/h4-5,7-10H,6H2,1-3H3,(H2,16,18,20). The van der Waals surface area contributed by atoms with Gasteiger partial charge in [0.25, 0.3) is 0 Å². The molecule has 0 unspecified atom stereocenters. The van der Waals surface area contributed by atoms with Gasteiger partial charge >= 0.3 is 6.03 Å². The first kappa shape index (κ1) is 14.0. The highest BCUT2D eigenvalue weighted by molar-refractivity contribution is 5.74. The lowest BCUT2D eigenvalue weighted by Crippen LogP contribution is -2.39. The summed E-state index contributed by atoms with van der Waals surface area (Å²) in [7, 11) is 1.87. The first-order valence-electron chi connectivity index (χ1n) is 6.52. The lowest BCUT2D eigenvalue weighted by Gasteiger charge is -2.10. The topological polar surface area (TPSA) is 71.8 Å². The molecule has 0 atom stereocenters. The Morgan fingerprint density at radius 1 is 1.30 bits per heavy atom. The van der Waals surface area contributed by atoms with Crippen molar-refractivity contribution in [2.45, 2.75) is 26.4 Å². The molecule has 0 saturated carbocycles. The van der Waals surface area contributed by atoms with Gasteiger partial charge in [-0.1, -0.05) is 0 Å². The van der Waals surface area contributed by atoms with E-state index in [1.54, 1.807) is 23.3 Å². The molecule has 0 aliphatic rings. The van der Waals surface area contributed by atoms with Crippen molar-refractivity contribution < 1.29 is 4.79 Å². The lowest BCUT2D eigenvalue weighted by atomic mass is 10.1. The summed E-state index contributed by atoms with van der Waals surface area (Å²) >= 11 is 0. The van der Waals surface area contributed by atoms with E-state index in [1.165, 1.54) is 0 Å². The average Bonchev–Trinajstić information content (AvgIpc) is 2.83. The number of aromatic nitrogens is 3. The van der Waals surface area contributed by atoms with E-state index in [0.717, 1.165) is 16.7 Å². The van der Waals surface area contributed by atoms with Crippen LogP contribution in [0.1, 0.15) is 19.4 Å². The predicted octanol–water partition coefficient (Wildman–Crippen LogP) is 1.69. The number of nitrogens with zero attached hydrogens (tertiary/aromatic N) is 3. The zero-order chi connectivity index (χ0) is 14.5. The van der Waals surface area contributed by atoms with Crippen LogP contribution < -0.4 is 10.6 Å². The number of aryl methyl sites for hydroxylation is 1. The fraction of sp³-hybridized carbons (Fsp3) is 0.357. The molecule has 0 aliphatic carbocycles. The summed E-state index contributed by atoms with van der Waals surface area (Å²) in [5.41, 5.74) is 2.94. The van der Waals surface area contributed by atoms with Crippen molar-refractivity contribution in [1.82, 2.24) is 25.4 Å². The number of hydrogen-bond donors (Lipinski definition) is 2.